The molecule has 0 saturated heterocycles. The molecule has 1 saturated carbocycles. The zero-order chi connectivity index (χ0) is 13.0. The van der Waals surface area contributed by atoms with E-state index in [1.807, 2.05) is 0 Å². The molecule has 1 nitrogen and oxygen atoms in total. The van der Waals surface area contributed by atoms with E-state index in [1.165, 1.54) is 43.2 Å². The van der Waals surface area contributed by atoms with Crippen LogP contribution in [0, 0.1) is 0 Å². The summed E-state index contributed by atoms with van der Waals surface area (Å²) in [7, 11) is 0. The molecule has 0 heterocycles. The van der Waals surface area contributed by atoms with Gasteiger partial charge in [0.05, 0.1) is 0 Å². The lowest BCUT2D eigenvalue weighted by atomic mass is 9.89. The molecule has 1 aliphatic carbocycles. The van der Waals surface area contributed by atoms with Gasteiger partial charge in [0, 0.05) is 12.1 Å². The van der Waals surface area contributed by atoms with Crippen LogP contribution in [0.25, 0.3) is 0 Å². The van der Waals surface area contributed by atoms with E-state index in [4.69, 9.17) is 0 Å². The Bertz CT molecular complexity index is 349. The van der Waals surface area contributed by atoms with Crippen molar-refractivity contribution in [2.24, 2.45) is 0 Å². The van der Waals surface area contributed by atoms with Crippen LogP contribution in [-0.2, 0) is 6.54 Å². The SMILES string of the molecule is CCC(CC)(CC)NCc1ccc(C2CC2)cc1. The van der Waals surface area contributed by atoms with Crippen LogP contribution in [0.15, 0.2) is 24.3 Å². The Morgan fingerprint density at radius 3 is 2.00 bits per heavy atom. The Hall–Kier alpha value is -0.820. The van der Waals surface area contributed by atoms with E-state index >= 15 is 0 Å². The van der Waals surface area contributed by atoms with E-state index in [0.717, 1.165) is 12.5 Å². The predicted molar refractivity (Wildman–Crippen MR) is 78.9 cm³/mol. The van der Waals surface area contributed by atoms with Crippen LogP contribution in [0.4, 0.5) is 0 Å². The highest BCUT2D eigenvalue weighted by molar-refractivity contribution is 5.28. The van der Waals surface area contributed by atoms with Crippen molar-refractivity contribution in [2.75, 3.05) is 0 Å². The maximum Gasteiger partial charge on any atom is 0.0210 e. The van der Waals surface area contributed by atoms with E-state index in [1.54, 1.807) is 0 Å². The first-order valence-electron chi connectivity index (χ1n) is 7.57. The molecule has 0 bridgehead atoms. The van der Waals surface area contributed by atoms with Crippen molar-refractivity contribution >= 4 is 0 Å². The summed E-state index contributed by atoms with van der Waals surface area (Å²) in [6, 6.07) is 9.24. The molecule has 0 amide bonds. The lowest BCUT2D eigenvalue weighted by molar-refractivity contribution is 0.288. The third kappa shape index (κ3) is 3.14. The van der Waals surface area contributed by atoms with E-state index in [2.05, 4.69) is 50.4 Å². The molecule has 1 aliphatic rings. The number of hydrogen-bond donors (Lipinski definition) is 1. The van der Waals surface area contributed by atoms with Gasteiger partial charge < -0.3 is 5.32 Å². The molecule has 2 rings (SSSR count). The van der Waals surface area contributed by atoms with Crippen molar-refractivity contribution in [3.63, 3.8) is 0 Å². The fourth-order valence-electron chi connectivity index (χ4n) is 2.74. The summed E-state index contributed by atoms with van der Waals surface area (Å²) in [4.78, 5) is 0. The van der Waals surface area contributed by atoms with Crippen LogP contribution in [0.2, 0.25) is 0 Å². The molecule has 1 heteroatoms. The summed E-state index contributed by atoms with van der Waals surface area (Å²) in [5.41, 5.74) is 3.28. The first-order valence-corrected chi connectivity index (χ1v) is 7.57. The number of rotatable bonds is 7. The van der Waals surface area contributed by atoms with Crippen molar-refractivity contribution in [3.8, 4) is 0 Å². The largest absolute Gasteiger partial charge is 0.307 e. The van der Waals surface area contributed by atoms with Crippen LogP contribution in [0.1, 0.15) is 69.9 Å². The van der Waals surface area contributed by atoms with Crippen molar-refractivity contribution in [1.82, 2.24) is 5.32 Å². The van der Waals surface area contributed by atoms with E-state index in [0.29, 0.717) is 5.54 Å². The van der Waals surface area contributed by atoms with Crippen molar-refractivity contribution in [3.05, 3.63) is 35.4 Å². The molecular weight excluding hydrogens is 218 g/mol. The average Bonchev–Trinajstić information content (AvgIpc) is 3.26. The van der Waals surface area contributed by atoms with Gasteiger partial charge in [-0.3, -0.25) is 0 Å². The lowest BCUT2D eigenvalue weighted by Gasteiger charge is -2.32. The third-order valence-corrected chi connectivity index (χ3v) is 4.73. The van der Waals surface area contributed by atoms with Gasteiger partial charge in [0.15, 0.2) is 0 Å². The van der Waals surface area contributed by atoms with E-state index < -0.39 is 0 Å². The Morgan fingerprint density at radius 1 is 1.00 bits per heavy atom. The maximum absolute atomic E-state index is 3.76. The summed E-state index contributed by atoms with van der Waals surface area (Å²) < 4.78 is 0. The highest BCUT2D eigenvalue weighted by Gasteiger charge is 2.24. The fraction of sp³-hybridized carbons (Fsp3) is 0.647. The van der Waals surface area contributed by atoms with Crippen LogP contribution < -0.4 is 5.32 Å². The minimum absolute atomic E-state index is 0.329. The van der Waals surface area contributed by atoms with E-state index in [9.17, 15) is 0 Å². The molecule has 0 spiro atoms. The Labute approximate surface area is 112 Å². The zero-order valence-electron chi connectivity index (χ0n) is 12.1. The minimum atomic E-state index is 0.329. The number of nitrogens with one attached hydrogen (secondary N) is 1. The quantitative estimate of drug-likeness (QED) is 0.739. The molecule has 18 heavy (non-hydrogen) atoms. The summed E-state index contributed by atoms with van der Waals surface area (Å²) in [5, 5.41) is 3.76. The second kappa shape index (κ2) is 5.88. The topological polar surface area (TPSA) is 12.0 Å². The van der Waals surface area contributed by atoms with Gasteiger partial charge in [-0.1, -0.05) is 45.0 Å². The van der Waals surface area contributed by atoms with Crippen LogP contribution in [-0.4, -0.2) is 5.54 Å². The first-order chi connectivity index (χ1) is 8.73. The van der Waals surface area contributed by atoms with Crippen LogP contribution in [0.5, 0.6) is 0 Å². The molecule has 0 unspecified atom stereocenters. The monoisotopic (exact) mass is 245 g/mol. The average molecular weight is 245 g/mol. The second-order valence-corrected chi connectivity index (χ2v) is 5.71. The molecule has 1 aromatic rings. The normalized spacial score (nSPS) is 15.9. The second-order valence-electron chi connectivity index (χ2n) is 5.71. The lowest BCUT2D eigenvalue weighted by Crippen LogP contribution is -2.43. The summed E-state index contributed by atoms with van der Waals surface area (Å²) in [6.45, 7) is 7.86. The molecule has 0 atom stereocenters. The zero-order valence-corrected chi connectivity index (χ0v) is 12.1. The third-order valence-electron chi connectivity index (χ3n) is 4.73. The standard InChI is InChI=1S/C17H27N/c1-4-17(5-2,6-3)18-13-14-7-9-15(10-8-14)16-11-12-16/h7-10,16,18H,4-6,11-13H2,1-3H3. The fourth-order valence-corrected chi connectivity index (χ4v) is 2.74. The summed E-state index contributed by atoms with van der Waals surface area (Å²) >= 11 is 0. The van der Waals surface area contributed by atoms with Gasteiger partial charge >= 0.3 is 0 Å². The van der Waals surface area contributed by atoms with Crippen molar-refractivity contribution in [2.45, 2.75) is 70.9 Å². The maximum atomic E-state index is 3.76. The minimum Gasteiger partial charge on any atom is -0.307 e. The van der Waals surface area contributed by atoms with Gasteiger partial charge in [0.25, 0.3) is 0 Å². The van der Waals surface area contributed by atoms with E-state index in [-0.39, 0.29) is 0 Å². The van der Waals surface area contributed by atoms with Gasteiger partial charge in [0.2, 0.25) is 0 Å². The summed E-state index contributed by atoms with van der Waals surface area (Å²) in [6.07, 6.45) is 6.41. The molecule has 100 valence electrons. The van der Waals surface area contributed by atoms with Crippen LogP contribution >= 0.6 is 0 Å². The molecular formula is C17H27N. The van der Waals surface area contributed by atoms with Gasteiger partial charge in [-0.05, 0) is 49.1 Å². The Morgan fingerprint density at radius 2 is 1.56 bits per heavy atom. The van der Waals surface area contributed by atoms with Gasteiger partial charge in [-0.15, -0.1) is 0 Å². The Kier molecular flexibility index (Phi) is 4.45. The van der Waals surface area contributed by atoms with Gasteiger partial charge in [-0.2, -0.15) is 0 Å². The molecule has 1 fully saturated rings. The number of hydrogen-bond acceptors (Lipinski definition) is 1. The van der Waals surface area contributed by atoms with Crippen molar-refractivity contribution < 1.29 is 0 Å². The van der Waals surface area contributed by atoms with Gasteiger partial charge in [0.1, 0.15) is 0 Å². The molecule has 1 N–H and O–H groups in total. The molecule has 0 radical (unpaired) electrons. The Balaban J connectivity index is 1.92. The molecule has 1 aromatic carbocycles. The van der Waals surface area contributed by atoms with Crippen molar-refractivity contribution in [1.29, 1.82) is 0 Å². The summed E-state index contributed by atoms with van der Waals surface area (Å²) in [5.74, 6) is 0.869. The number of benzene rings is 1. The smallest absolute Gasteiger partial charge is 0.0210 e. The highest BCUT2D eigenvalue weighted by Crippen LogP contribution is 2.39. The van der Waals surface area contributed by atoms with Gasteiger partial charge in [-0.25, -0.2) is 0 Å². The highest BCUT2D eigenvalue weighted by atomic mass is 15.0. The molecule has 0 aromatic heterocycles. The van der Waals surface area contributed by atoms with Crippen LogP contribution in [0.3, 0.4) is 0 Å². The first kappa shape index (κ1) is 13.6. The predicted octanol–water partition coefficient (Wildman–Crippen LogP) is 4.62. The molecule has 0 aliphatic heterocycles.